The highest BCUT2D eigenvalue weighted by Crippen LogP contribution is 2.22. The first-order chi connectivity index (χ1) is 11.1. The Morgan fingerprint density at radius 3 is 3.09 bits per heavy atom. The van der Waals surface area contributed by atoms with E-state index in [1.807, 2.05) is 6.20 Å². The van der Waals surface area contributed by atoms with Crippen LogP contribution in [0.2, 0.25) is 0 Å². The fourth-order valence-electron chi connectivity index (χ4n) is 3.20. The number of ether oxygens (including phenoxy) is 2. The molecule has 3 rings (SSSR count). The molecule has 7 nitrogen and oxygen atoms in total. The van der Waals surface area contributed by atoms with Crippen molar-refractivity contribution in [1.29, 1.82) is 0 Å². The SMILES string of the molecule is CN(C)C(=O)COC[C@@H]1CN([C@H]2CCOC2)Cc2ccnn2C1. The number of aromatic nitrogens is 2. The third kappa shape index (κ3) is 4.10. The van der Waals surface area contributed by atoms with Gasteiger partial charge in [-0.1, -0.05) is 0 Å². The number of fused-ring (bicyclic) bond motifs is 1. The summed E-state index contributed by atoms with van der Waals surface area (Å²) in [6.07, 6.45) is 2.94. The monoisotopic (exact) mass is 322 g/mol. The predicted octanol–water partition coefficient (Wildman–Crippen LogP) is 0.209. The molecule has 23 heavy (non-hydrogen) atoms. The Balaban J connectivity index is 1.61. The van der Waals surface area contributed by atoms with Crippen molar-refractivity contribution in [2.75, 3.05) is 47.1 Å². The van der Waals surface area contributed by atoms with E-state index in [9.17, 15) is 4.79 Å². The van der Waals surface area contributed by atoms with E-state index in [0.29, 0.717) is 18.6 Å². The maximum atomic E-state index is 11.6. The lowest BCUT2D eigenvalue weighted by molar-refractivity contribution is -0.134. The number of hydrogen-bond donors (Lipinski definition) is 0. The molecule has 2 aliphatic heterocycles. The van der Waals surface area contributed by atoms with Gasteiger partial charge in [0.15, 0.2) is 0 Å². The molecule has 3 heterocycles. The number of likely N-dealkylation sites (N-methyl/N-ethyl adjacent to an activating group) is 1. The number of rotatable bonds is 5. The lowest BCUT2D eigenvalue weighted by Gasteiger charge is -2.28. The summed E-state index contributed by atoms with van der Waals surface area (Å²) in [5.74, 6) is 0.325. The number of hydrogen-bond acceptors (Lipinski definition) is 5. The van der Waals surface area contributed by atoms with Gasteiger partial charge in [-0.3, -0.25) is 14.4 Å². The Kier molecular flexibility index (Phi) is 5.30. The lowest BCUT2D eigenvalue weighted by atomic mass is 10.1. The van der Waals surface area contributed by atoms with E-state index >= 15 is 0 Å². The van der Waals surface area contributed by atoms with Gasteiger partial charge >= 0.3 is 0 Å². The zero-order valence-corrected chi connectivity index (χ0v) is 14.0. The van der Waals surface area contributed by atoms with E-state index in [2.05, 4.69) is 20.7 Å². The second kappa shape index (κ2) is 7.42. The van der Waals surface area contributed by atoms with Gasteiger partial charge in [-0.25, -0.2) is 0 Å². The number of carbonyl (C=O) groups excluding carboxylic acids is 1. The molecule has 0 saturated carbocycles. The summed E-state index contributed by atoms with van der Waals surface area (Å²) in [5.41, 5.74) is 1.24. The lowest BCUT2D eigenvalue weighted by Crippen LogP contribution is -2.39. The Hall–Kier alpha value is -1.44. The second-order valence-corrected chi connectivity index (χ2v) is 6.62. The van der Waals surface area contributed by atoms with Gasteiger partial charge in [-0.2, -0.15) is 5.10 Å². The van der Waals surface area contributed by atoms with Crippen LogP contribution in [0.5, 0.6) is 0 Å². The molecule has 0 aliphatic carbocycles. The Morgan fingerprint density at radius 2 is 2.35 bits per heavy atom. The van der Waals surface area contributed by atoms with E-state index in [4.69, 9.17) is 9.47 Å². The first kappa shape index (κ1) is 16.4. The molecule has 1 aromatic heterocycles. The maximum absolute atomic E-state index is 11.6. The molecule has 0 unspecified atom stereocenters. The fourth-order valence-corrected chi connectivity index (χ4v) is 3.20. The van der Waals surface area contributed by atoms with E-state index in [1.54, 1.807) is 19.0 Å². The summed E-state index contributed by atoms with van der Waals surface area (Å²) in [4.78, 5) is 15.7. The van der Waals surface area contributed by atoms with E-state index in [1.165, 1.54) is 5.69 Å². The average molecular weight is 322 g/mol. The molecule has 2 aliphatic rings. The van der Waals surface area contributed by atoms with Crippen molar-refractivity contribution in [2.24, 2.45) is 5.92 Å². The average Bonchev–Trinajstić information content (AvgIpc) is 3.16. The molecular weight excluding hydrogens is 296 g/mol. The van der Waals surface area contributed by atoms with Gasteiger partial charge in [0.25, 0.3) is 0 Å². The first-order valence-corrected chi connectivity index (χ1v) is 8.24. The maximum Gasteiger partial charge on any atom is 0.248 e. The van der Waals surface area contributed by atoms with Crippen LogP contribution in [0.4, 0.5) is 0 Å². The topological polar surface area (TPSA) is 59.8 Å². The van der Waals surface area contributed by atoms with Crippen molar-refractivity contribution in [3.05, 3.63) is 18.0 Å². The summed E-state index contributed by atoms with van der Waals surface area (Å²) >= 11 is 0. The normalized spacial score (nSPS) is 25.1. The summed E-state index contributed by atoms with van der Waals surface area (Å²) in [5, 5.41) is 4.43. The highest BCUT2D eigenvalue weighted by Gasteiger charge is 2.29. The van der Waals surface area contributed by atoms with Crippen LogP contribution in [0.3, 0.4) is 0 Å². The number of amides is 1. The standard InChI is InChI=1S/C16H26N4O3/c1-18(2)16(21)12-23-10-13-7-19(15-4-6-22-11-15)9-14-3-5-17-20(14)8-13/h3,5,13,15H,4,6-12H2,1-2H3/t13-,15+/m1/s1. The van der Waals surface area contributed by atoms with Gasteiger partial charge < -0.3 is 14.4 Å². The molecule has 0 spiro atoms. The number of carbonyl (C=O) groups is 1. The predicted molar refractivity (Wildman–Crippen MR) is 84.9 cm³/mol. The first-order valence-electron chi connectivity index (χ1n) is 8.24. The molecule has 1 aromatic rings. The van der Waals surface area contributed by atoms with E-state index in [-0.39, 0.29) is 12.5 Å². The smallest absolute Gasteiger partial charge is 0.248 e. The highest BCUT2D eigenvalue weighted by atomic mass is 16.5. The van der Waals surface area contributed by atoms with Crippen LogP contribution in [0.1, 0.15) is 12.1 Å². The van der Waals surface area contributed by atoms with Crippen molar-refractivity contribution in [3.8, 4) is 0 Å². The second-order valence-electron chi connectivity index (χ2n) is 6.62. The van der Waals surface area contributed by atoms with Crippen LogP contribution in [0.25, 0.3) is 0 Å². The Labute approximate surface area is 137 Å². The zero-order valence-electron chi connectivity index (χ0n) is 14.0. The summed E-state index contributed by atoms with van der Waals surface area (Å²) in [7, 11) is 3.49. The molecule has 2 atom stereocenters. The summed E-state index contributed by atoms with van der Waals surface area (Å²) in [6, 6.07) is 2.56. The fraction of sp³-hybridized carbons (Fsp3) is 0.750. The minimum absolute atomic E-state index is 0.000510. The largest absolute Gasteiger partial charge is 0.380 e. The molecule has 0 bridgehead atoms. The third-order valence-corrected chi connectivity index (χ3v) is 4.59. The molecule has 0 N–H and O–H groups in total. The van der Waals surface area contributed by atoms with E-state index in [0.717, 1.165) is 39.3 Å². The third-order valence-electron chi connectivity index (χ3n) is 4.59. The zero-order chi connectivity index (χ0) is 16.2. The van der Waals surface area contributed by atoms with Crippen molar-refractivity contribution in [3.63, 3.8) is 0 Å². The Bertz CT molecular complexity index is 525. The van der Waals surface area contributed by atoms with Gasteiger partial charge in [-0.15, -0.1) is 0 Å². The molecule has 1 saturated heterocycles. The molecule has 128 valence electrons. The van der Waals surface area contributed by atoms with Crippen LogP contribution >= 0.6 is 0 Å². The molecule has 1 fully saturated rings. The minimum atomic E-state index is -0.000510. The summed E-state index contributed by atoms with van der Waals surface area (Å²) < 4.78 is 13.3. The molecule has 7 heteroatoms. The van der Waals surface area contributed by atoms with Gasteiger partial charge in [0, 0.05) is 58.5 Å². The van der Waals surface area contributed by atoms with Crippen molar-refractivity contribution in [1.82, 2.24) is 19.6 Å². The van der Waals surface area contributed by atoms with Crippen LogP contribution in [-0.4, -0.2) is 78.6 Å². The van der Waals surface area contributed by atoms with Gasteiger partial charge in [0.05, 0.1) is 18.9 Å². The molecule has 0 aromatic carbocycles. The van der Waals surface area contributed by atoms with Crippen molar-refractivity contribution < 1.29 is 14.3 Å². The molecule has 1 amide bonds. The highest BCUT2D eigenvalue weighted by molar-refractivity contribution is 5.76. The summed E-state index contributed by atoms with van der Waals surface area (Å²) in [6.45, 7) is 5.06. The molecule has 0 radical (unpaired) electrons. The van der Waals surface area contributed by atoms with Crippen LogP contribution in [0, 0.1) is 5.92 Å². The van der Waals surface area contributed by atoms with E-state index < -0.39 is 0 Å². The van der Waals surface area contributed by atoms with Gasteiger partial charge in [-0.05, 0) is 12.5 Å². The van der Waals surface area contributed by atoms with Crippen molar-refractivity contribution in [2.45, 2.75) is 25.6 Å². The van der Waals surface area contributed by atoms with Crippen molar-refractivity contribution >= 4 is 5.91 Å². The minimum Gasteiger partial charge on any atom is -0.380 e. The number of nitrogens with zero attached hydrogens (tertiary/aromatic N) is 4. The van der Waals surface area contributed by atoms with Gasteiger partial charge in [0.2, 0.25) is 5.91 Å². The van der Waals surface area contributed by atoms with Crippen LogP contribution in [-0.2, 0) is 27.4 Å². The quantitative estimate of drug-likeness (QED) is 0.775. The van der Waals surface area contributed by atoms with Crippen LogP contribution in [0.15, 0.2) is 12.3 Å². The van der Waals surface area contributed by atoms with Gasteiger partial charge in [0.1, 0.15) is 6.61 Å². The molecular formula is C16H26N4O3. The Morgan fingerprint density at radius 1 is 1.48 bits per heavy atom. The van der Waals surface area contributed by atoms with Crippen LogP contribution < -0.4 is 0 Å².